The van der Waals surface area contributed by atoms with Crippen LogP contribution in [0.3, 0.4) is 0 Å². The van der Waals surface area contributed by atoms with Crippen molar-refractivity contribution in [2.24, 2.45) is 0 Å². The Morgan fingerprint density at radius 1 is 0.966 bits per heavy atom. The smallest absolute Gasteiger partial charge is 0.322 e. The third-order valence-electron chi connectivity index (χ3n) is 5.31. The topological polar surface area (TPSA) is 90.4 Å². The number of benzene rings is 2. The van der Waals surface area contributed by atoms with Crippen molar-refractivity contribution in [3.05, 3.63) is 48.5 Å². The van der Waals surface area contributed by atoms with Crippen molar-refractivity contribution >= 4 is 11.2 Å². The minimum Gasteiger partial charge on any atom is -0.609 e. The van der Waals surface area contributed by atoms with Crippen molar-refractivity contribution in [3.63, 3.8) is 0 Å². The molecule has 29 heavy (non-hydrogen) atoms. The number of aromatic amines is 1. The number of hydrogen-bond donors (Lipinski definition) is 2. The van der Waals surface area contributed by atoms with Gasteiger partial charge in [0.1, 0.15) is 28.5 Å². The van der Waals surface area contributed by atoms with Crippen LogP contribution in [0.5, 0.6) is 11.5 Å². The van der Waals surface area contributed by atoms with Gasteiger partial charge in [0.15, 0.2) is 0 Å². The Morgan fingerprint density at radius 2 is 1.55 bits per heavy atom. The highest BCUT2D eigenvalue weighted by Gasteiger charge is 2.38. The second-order valence-electron chi connectivity index (χ2n) is 7.06. The number of methoxy groups -OCH3 is 2. The highest BCUT2D eigenvalue weighted by Crippen LogP contribution is 2.35. The Balaban J connectivity index is 1.76. The number of aliphatic hydroxyl groups is 1. The maximum absolute atomic E-state index is 13.1. The molecule has 6 nitrogen and oxygen atoms in total. The summed E-state index contributed by atoms with van der Waals surface area (Å²) in [6, 6.07) is 15.3. The van der Waals surface area contributed by atoms with Gasteiger partial charge in [-0.25, -0.2) is 0 Å². The molecule has 1 fully saturated rings. The molecule has 3 unspecified atom stereocenters. The van der Waals surface area contributed by atoms with Crippen LogP contribution >= 0.6 is 0 Å². The number of ether oxygens (including phenoxy) is 2. The molecule has 7 heteroatoms. The number of aromatic nitrogens is 2. The standard InChI is InChI=1S/C22H24N2O4S/c1-27-16-10-6-14(7-11-16)20-21(15-8-12-17(28-2)13-9-15)24-22(23-20)29(26)19-5-3-4-18(19)25/h6-13,18-19,25H,3-5H2,1-2H3,(H,23,24). The Bertz CT molecular complexity index is 891. The minimum absolute atomic E-state index is 0.284. The van der Waals surface area contributed by atoms with E-state index >= 15 is 0 Å². The molecule has 0 amide bonds. The summed E-state index contributed by atoms with van der Waals surface area (Å²) < 4.78 is 23.6. The number of aliphatic hydroxyl groups excluding tert-OH is 1. The van der Waals surface area contributed by atoms with E-state index in [1.165, 1.54) is 0 Å². The van der Waals surface area contributed by atoms with E-state index in [-0.39, 0.29) is 5.25 Å². The SMILES string of the molecule is COc1ccc(-c2nc([S+]([O-])C3CCCC3O)[nH]c2-c2ccc(OC)cc2)cc1. The van der Waals surface area contributed by atoms with Gasteiger partial charge < -0.3 is 19.1 Å². The molecule has 0 spiro atoms. The zero-order valence-electron chi connectivity index (χ0n) is 16.4. The molecule has 4 rings (SSSR count). The third-order valence-corrected chi connectivity index (χ3v) is 6.98. The number of imidazole rings is 1. The molecule has 152 valence electrons. The predicted molar refractivity (Wildman–Crippen MR) is 113 cm³/mol. The minimum atomic E-state index is -1.40. The molecular weight excluding hydrogens is 388 g/mol. The van der Waals surface area contributed by atoms with Crippen LogP contribution in [-0.2, 0) is 11.2 Å². The summed E-state index contributed by atoms with van der Waals surface area (Å²) in [5.41, 5.74) is 3.31. The van der Waals surface area contributed by atoms with E-state index < -0.39 is 17.3 Å². The molecule has 1 aliphatic rings. The van der Waals surface area contributed by atoms with Crippen LogP contribution < -0.4 is 9.47 Å². The molecule has 1 aromatic heterocycles. The highest BCUT2D eigenvalue weighted by atomic mass is 32.2. The molecule has 3 atom stereocenters. The zero-order chi connectivity index (χ0) is 20.4. The van der Waals surface area contributed by atoms with Crippen LogP contribution in [0.15, 0.2) is 53.7 Å². The van der Waals surface area contributed by atoms with Gasteiger partial charge in [0.05, 0.1) is 19.9 Å². The van der Waals surface area contributed by atoms with Crippen LogP contribution in [0.1, 0.15) is 19.3 Å². The number of H-pyrrole nitrogens is 1. The molecule has 1 aliphatic carbocycles. The first-order chi connectivity index (χ1) is 14.1. The third kappa shape index (κ3) is 3.99. The molecular formula is C22H24N2O4S. The van der Waals surface area contributed by atoms with Crippen LogP contribution in [0.25, 0.3) is 22.5 Å². The molecule has 1 heterocycles. The number of rotatable bonds is 6. The fourth-order valence-electron chi connectivity index (χ4n) is 3.67. The molecule has 1 saturated carbocycles. The Morgan fingerprint density at radius 3 is 2.07 bits per heavy atom. The molecule has 2 aromatic carbocycles. The summed E-state index contributed by atoms with van der Waals surface area (Å²) in [7, 11) is 3.25. The molecule has 0 saturated heterocycles. The number of nitrogens with one attached hydrogen (secondary N) is 1. The Labute approximate surface area is 173 Å². The maximum atomic E-state index is 13.1. The van der Waals surface area contributed by atoms with Crippen molar-refractivity contribution in [3.8, 4) is 34.0 Å². The lowest BCUT2D eigenvalue weighted by Gasteiger charge is -2.17. The summed E-state index contributed by atoms with van der Waals surface area (Å²) in [4.78, 5) is 7.96. The van der Waals surface area contributed by atoms with E-state index in [0.29, 0.717) is 17.3 Å². The van der Waals surface area contributed by atoms with E-state index in [1.807, 2.05) is 48.5 Å². The van der Waals surface area contributed by atoms with Gasteiger partial charge in [-0.1, -0.05) is 0 Å². The van der Waals surface area contributed by atoms with Gasteiger partial charge in [0, 0.05) is 22.3 Å². The van der Waals surface area contributed by atoms with Crippen molar-refractivity contribution in [1.82, 2.24) is 9.97 Å². The van der Waals surface area contributed by atoms with Crippen LogP contribution in [-0.4, -0.2) is 45.2 Å². The number of hydrogen-bond acceptors (Lipinski definition) is 5. The summed E-state index contributed by atoms with van der Waals surface area (Å²) in [6.07, 6.45) is 1.77. The first-order valence-corrected chi connectivity index (χ1v) is 10.8. The van der Waals surface area contributed by atoms with E-state index in [9.17, 15) is 9.66 Å². The second kappa shape index (κ2) is 8.49. The van der Waals surface area contributed by atoms with E-state index in [4.69, 9.17) is 14.5 Å². The average molecular weight is 413 g/mol. The highest BCUT2D eigenvalue weighted by molar-refractivity contribution is 7.91. The largest absolute Gasteiger partial charge is 0.609 e. The van der Waals surface area contributed by atoms with Gasteiger partial charge in [-0.2, -0.15) is 4.98 Å². The van der Waals surface area contributed by atoms with Gasteiger partial charge in [-0.3, -0.25) is 4.98 Å². The molecule has 0 bridgehead atoms. The van der Waals surface area contributed by atoms with Crippen molar-refractivity contribution in [1.29, 1.82) is 0 Å². The fourth-order valence-corrected chi connectivity index (χ4v) is 5.14. The molecule has 0 aliphatic heterocycles. The van der Waals surface area contributed by atoms with Gasteiger partial charge in [-0.05, 0) is 67.8 Å². The maximum Gasteiger partial charge on any atom is 0.322 e. The van der Waals surface area contributed by atoms with Crippen LogP contribution in [0, 0.1) is 0 Å². The predicted octanol–water partition coefficient (Wildman–Crippen LogP) is 3.78. The summed E-state index contributed by atoms with van der Waals surface area (Å²) >= 11 is -1.40. The summed E-state index contributed by atoms with van der Waals surface area (Å²) in [6.45, 7) is 0. The molecule has 0 radical (unpaired) electrons. The Kier molecular flexibility index (Phi) is 5.80. The quantitative estimate of drug-likeness (QED) is 0.601. The van der Waals surface area contributed by atoms with Crippen molar-refractivity contribution in [2.75, 3.05) is 14.2 Å². The first kappa shape index (κ1) is 19.8. The zero-order valence-corrected chi connectivity index (χ0v) is 17.2. The fraction of sp³-hybridized carbons (Fsp3) is 0.318. The van der Waals surface area contributed by atoms with Gasteiger partial charge in [0.2, 0.25) is 0 Å². The molecule has 2 N–H and O–H groups in total. The lowest BCUT2D eigenvalue weighted by molar-refractivity contribution is 0.185. The monoisotopic (exact) mass is 412 g/mol. The molecule has 3 aromatic rings. The lowest BCUT2D eigenvalue weighted by Crippen LogP contribution is -2.29. The van der Waals surface area contributed by atoms with E-state index in [1.54, 1.807) is 14.2 Å². The Hall–Kier alpha value is -2.48. The van der Waals surface area contributed by atoms with Crippen LogP contribution in [0.4, 0.5) is 0 Å². The summed E-state index contributed by atoms with van der Waals surface area (Å²) in [5, 5.41) is 10.3. The van der Waals surface area contributed by atoms with Crippen LogP contribution in [0.2, 0.25) is 0 Å². The average Bonchev–Trinajstić information content (AvgIpc) is 3.40. The normalized spacial score (nSPS) is 19.9. The van der Waals surface area contributed by atoms with Gasteiger partial charge in [-0.15, -0.1) is 0 Å². The van der Waals surface area contributed by atoms with Gasteiger partial charge in [0.25, 0.3) is 0 Å². The van der Waals surface area contributed by atoms with Crippen molar-refractivity contribution < 1.29 is 19.1 Å². The van der Waals surface area contributed by atoms with E-state index in [0.717, 1.165) is 41.2 Å². The van der Waals surface area contributed by atoms with Crippen molar-refractivity contribution in [2.45, 2.75) is 35.8 Å². The summed E-state index contributed by atoms with van der Waals surface area (Å²) in [5.74, 6) is 1.52. The second-order valence-corrected chi connectivity index (χ2v) is 8.64. The lowest BCUT2D eigenvalue weighted by atomic mass is 10.0. The van der Waals surface area contributed by atoms with E-state index in [2.05, 4.69) is 4.98 Å². The first-order valence-electron chi connectivity index (χ1n) is 9.58. The number of nitrogens with zero attached hydrogens (tertiary/aromatic N) is 1. The van der Waals surface area contributed by atoms with Gasteiger partial charge >= 0.3 is 5.16 Å².